The molecule has 0 bridgehead atoms. The molecule has 0 aliphatic carbocycles. The van der Waals surface area contributed by atoms with Gasteiger partial charge in [-0.15, -0.1) is 0 Å². The van der Waals surface area contributed by atoms with Crippen LogP contribution in [0.25, 0.3) is 0 Å². The minimum Gasteiger partial charge on any atom is -0.370 e. The Morgan fingerprint density at radius 1 is 1.07 bits per heavy atom. The van der Waals surface area contributed by atoms with Crippen molar-refractivity contribution in [1.29, 1.82) is 0 Å². The maximum atomic E-state index is 12.7. The molecule has 1 saturated heterocycles. The first-order valence-corrected chi connectivity index (χ1v) is 10.1. The van der Waals surface area contributed by atoms with Gasteiger partial charge in [0.05, 0.1) is 0 Å². The Morgan fingerprint density at radius 3 is 2.79 bits per heavy atom. The van der Waals surface area contributed by atoms with Crippen molar-refractivity contribution in [2.45, 2.75) is 25.7 Å². The lowest BCUT2D eigenvalue weighted by Crippen LogP contribution is -2.33. The molecule has 146 valence electrons. The minimum atomic E-state index is -0.395. The van der Waals surface area contributed by atoms with Crippen LogP contribution < -0.4 is 10.6 Å². The van der Waals surface area contributed by atoms with Gasteiger partial charge in [-0.3, -0.25) is 9.59 Å². The highest BCUT2D eigenvalue weighted by Crippen LogP contribution is 2.28. The summed E-state index contributed by atoms with van der Waals surface area (Å²) in [4.78, 5) is 28.4. The summed E-state index contributed by atoms with van der Waals surface area (Å²) in [7, 11) is 0. The molecule has 2 aliphatic heterocycles. The average molecular weight is 377 g/mol. The van der Waals surface area contributed by atoms with Crippen molar-refractivity contribution >= 4 is 17.5 Å². The number of para-hydroxylation sites is 1. The van der Waals surface area contributed by atoms with Gasteiger partial charge < -0.3 is 15.5 Å². The van der Waals surface area contributed by atoms with Crippen LogP contribution in [0.1, 0.15) is 34.3 Å². The summed E-state index contributed by atoms with van der Waals surface area (Å²) in [6, 6.07) is 16.0. The summed E-state index contributed by atoms with van der Waals surface area (Å²) in [6.45, 7) is 3.43. The molecule has 1 atom stereocenters. The molecule has 2 aliphatic rings. The number of anilines is 1. The molecule has 0 spiro atoms. The number of hydrogen-bond donors (Lipinski definition) is 1. The predicted molar refractivity (Wildman–Crippen MR) is 110 cm³/mol. The van der Waals surface area contributed by atoms with Gasteiger partial charge in [0.1, 0.15) is 0 Å². The number of nitrogens with two attached hydrogens (primary N) is 1. The van der Waals surface area contributed by atoms with Crippen LogP contribution in [-0.4, -0.2) is 42.9 Å². The van der Waals surface area contributed by atoms with Crippen molar-refractivity contribution in [3.8, 4) is 0 Å². The third-order valence-electron chi connectivity index (χ3n) is 5.95. The minimum absolute atomic E-state index is 0.248. The SMILES string of the molecule is NC(=O)c1cccc(CC2CCN(C(=O)CCN3CCc4ccccc43)C2)c1. The number of rotatable bonds is 6. The third kappa shape index (κ3) is 4.03. The Balaban J connectivity index is 1.28. The quantitative estimate of drug-likeness (QED) is 0.842. The molecule has 2 amide bonds. The Labute approximate surface area is 166 Å². The van der Waals surface area contributed by atoms with Crippen LogP contribution in [0.5, 0.6) is 0 Å². The molecule has 1 unspecified atom stereocenters. The van der Waals surface area contributed by atoms with Crippen LogP contribution in [0.3, 0.4) is 0 Å². The largest absolute Gasteiger partial charge is 0.370 e. The van der Waals surface area contributed by atoms with Crippen molar-refractivity contribution in [3.63, 3.8) is 0 Å². The molecule has 2 aromatic rings. The van der Waals surface area contributed by atoms with Gasteiger partial charge in [-0.05, 0) is 54.5 Å². The fourth-order valence-corrected chi connectivity index (χ4v) is 4.44. The second-order valence-corrected chi connectivity index (χ2v) is 7.88. The highest BCUT2D eigenvalue weighted by Gasteiger charge is 2.27. The zero-order valence-corrected chi connectivity index (χ0v) is 16.1. The second kappa shape index (κ2) is 8.05. The highest BCUT2D eigenvalue weighted by atomic mass is 16.2. The Bertz CT molecular complexity index is 880. The molecule has 1 fully saturated rings. The number of nitrogens with zero attached hydrogens (tertiary/aromatic N) is 2. The maximum Gasteiger partial charge on any atom is 0.248 e. The van der Waals surface area contributed by atoms with Gasteiger partial charge in [0.2, 0.25) is 11.8 Å². The lowest BCUT2D eigenvalue weighted by atomic mass is 9.97. The van der Waals surface area contributed by atoms with Crippen LogP contribution in [0.15, 0.2) is 48.5 Å². The van der Waals surface area contributed by atoms with Gasteiger partial charge >= 0.3 is 0 Å². The fraction of sp³-hybridized carbons (Fsp3) is 0.391. The van der Waals surface area contributed by atoms with Crippen LogP contribution in [0, 0.1) is 5.92 Å². The van der Waals surface area contributed by atoms with E-state index < -0.39 is 5.91 Å². The lowest BCUT2D eigenvalue weighted by Gasteiger charge is -2.22. The van der Waals surface area contributed by atoms with Crippen molar-refractivity contribution in [1.82, 2.24) is 4.90 Å². The molecule has 2 N–H and O–H groups in total. The summed E-state index contributed by atoms with van der Waals surface area (Å²) in [5.41, 5.74) is 9.70. The van der Waals surface area contributed by atoms with Crippen molar-refractivity contribution < 1.29 is 9.59 Å². The molecule has 28 heavy (non-hydrogen) atoms. The number of benzene rings is 2. The van der Waals surface area contributed by atoms with E-state index in [9.17, 15) is 9.59 Å². The van der Waals surface area contributed by atoms with E-state index in [0.717, 1.165) is 51.0 Å². The number of amides is 2. The van der Waals surface area contributed by atoms with Gasteiger partial charge in [-0.1, -0.05) is 30.3 Å². The monoisotopic (exact) mass is 377 g/mol. The summed E-state index contributed by atoms with van der Waals surface area (Å²) >= 11 is 0. The number of likely N-dealkylation sites (tertiary alicyclic amines) is 1. The Hall–Kier alpha value is -2.82. The smallest absolute Gasteiger partial charge is 0.248 e. The number of carbonyl (C=O) groups excluding carboxylic acids is 2. The number of primary amides is 1. The summed E-state index contributed by atoms with van der Waals surface area (Å²) in [6.07, 6.45) is 3.53. The van der Waals surface area contributed by atoms with E-state index >= 15 is 0 Å². The third-order valence-corrected chi connectivity index (χ3v) is 5.95. The van der Waals surface area contributed by atoms with Gasteiger partial charge in [0.15, 0.2) is 0 Å². The number of fused-ring (bicyclic) bond motifs is 1. The highest BCUT2D eigenvalue weighted by molar-refractivity contribution is 5.92. The van der Waals surface area contributed by atoms with E-state index in [0.29, 0.717) is 17.9 Å². The topological polar surface area (TPSA) is 66.6 Å². The maximum absolute atomic E-state index is 12.7. The van der Waals surface area contributed by atoms with Gasteiger partial charge in [0, 0.05) is 43.9 Å². The number of hydrogen-bond acceptors (Lipinski definition) is 3. The van der Waals surface area contributed by atoms with Crippen molar-refractivity contribution in [2.75, 3.05) is 31.1 Å². The van der Waals surface area contributed by atoms with Crippen LogP contribution in [-0.2, 0) is 17.6 Å². The van der Waals surface area contributed by atoms with E-state index in [1.807, 2.05) is 23.1 Å². The van der Waals surface area contributed by atoms with Gasteiger partial charge in [-0.2, -0.15) is 0 Å². The fourth-order valence-electron chi connectivity index (χ4n) is 4.44. The van der Waals surface area contributed by atoms with E-state index in [2.05, 4.69) is 29.2 Å². The van der Waals surface area contributed by atoms with Gasteiger partial charge in [-0.25, -0.2) is 0 Å². The lowest BCUT2D eigenvalue weighted by molar-refractivity contribution is -0.130. The molecule has 0 radical (unpaired) electrons. The Morgan fingerprint density at radius 2 is 1.93 bits per heavy atom. The first-order chi connectivity index (χ1) is 13.6. The molecule has 5 heteroatoms. The molecule has 2 aromatic carbocycles. The summed E-state index contributed by atoms with van der Waals surface area (Å²) in [5.74, 6) is 0.297. The first-order valence-electron chi connectivity index (χ1n) is 10.1. The molecule has 2 heterocycles. The molecule has 4 rings (SSSR count). The zero-order valence-electron chi connectivity index (χ0n) is 16.1. The predicted octanol–water partition coefficient (Wildman–Crippen LogP) is 2.63. The van der Waals surface area contributed by atoms with Gasteiger partial charge in [0.25, 0.3) is 0 Å². The zero-order chi connectivity index (χ0) is 19.5. The number of carbonyl (C=O) groups is 2. The summed E-state index contributed by atoms with van der Waals surface area (Å²) < 4.78 is 0. The second-order valence-electron chi connectivity index (χ2n) is 7.88. The standard InChI is InChI=1S/C23H27N3O2/c24-23(28)20-6-3-4-17(15-20)14-18-8-11-26(16-18)22(27)10-13-25-12-9-19-5-1-2-7-21(19)25/h1-7,15,18H,8-14,16H2,(H2,24,28). The molecule has 0 saturated carbocycles. The van der Waals surface area contributed by atoms with Crippen LogP contribution >= 0.6 is 0 Å². The van der Waals surface area contributed by atoms with E-state index in [4.69, 9.17) is 5.73 Å². The van der Waals surface area contributed by atoms with Crippen molar-refractivity contribution in [3.05, 3.63) is 65.2 Å². The van der Waals surface area contributed by atoms with E-state index in [1.54, 1.807) is 6.07 Å². The normalized spacial score (nSPS) is 18.4. The van der Waals surface area contributed by atoms with Crippen LogP contribution in [0.4, 0.5) is 5.69 Å². The molecule has 5 nitrogen and oxygen atoms in total. The van der Waals surface area contributed by atoms with Crippen molar-refractivity contribution in [2.24, 2.45) is 11.7 Å². The van der Waals surface area contributed by atoms with E-state index in [1.165, 1.54) is 11.3 Å². The van der Waals surface area contributed by atoms with E-state index in [-0.39, 0.29) is 5.91 Å². The Kier molecular flexibility index (Phi) is 5.33. The molecule has 0 aromatic heterocycles. The molecular formula is C23H27N3O2. The molecular weight excluding hydrogens is 350 g/mol. The van der Waals surface area contributed by atoms with Crippen LogP contribution in [0.2, 0.25) is 0 Å². The first kappa shape index (κ1) is 18.5. The average Bonchev–Trinajstić information content (AvgIpc) is 3.33. The summed E-state index contributed by atoms with van der Waals surface area (Å²) in [5, 5.41) is 0.